The fourth-order valence-electron chi connectivity index (χ4n) is 1.07. The number of aromatic nitrogens is 2. The van der Waals surface area contributed by atoms with E-state index in [1.54, 1.807) is 24.3 Å². The molecule has 0 unspecified atom stereocenters. The molecule has 0 aliphatic heterocycles. The van der Waals surface area contributed by atoms with E-state index in [2.05, 4.69) is 9.97 Å². The Kier molecular flexibility index (Phi) is 1.92. The second-order valence-corrected chi connectivity index (χ2v) is 3.89. The van der Waals surface area contributed by atoms with Crippen molar-refractivity contribution in [3.63, 3.8) is 0 Å². The molecule has 0 atom stereocenters. The minimum Gasteiger partial charge on any atom is -0.224 e. The van der Waals surface area contributed by atoms with E-state index in [1.807, 2.05) is 0 Å². The van der Waals surface area contributed by atoms with E-state index in [1.165, 1.54) is 6.20 Å². The quantitative estimate of drug-likeness (QED) is 0.528. The second kappa shape index (κ2) is 2.98. The number of rotatable bonds is 1. The number of hydrogen-bond acceptors (Lipinski definition) is 4. The van der Waals surface area contributed by atoms with E-state index < -0.39 is 15.4 Å². The third-order valence-electron chi connectivity index (χ3n) is 1.69. The van der Waals surface area contributed by atoms with Crippen molar-refractivity contribution in [2.75, 3.05) is 0 Å². The molecule has 72 valence electrons. The number of nitrogens with zero attached hydrogens (tertiary/aromatic N) is 2. The van der Waals surface area contributed by atoms with Gasteiger partial charge in [-0.15, -0.1) is 0 Å². The third-order valence-corrected chi connectivity index (χ3v) is 2.32. The second-order valence-electron chi connectivity index (χ2n) is 2.65. The Labute approximate surface area is 79.6 Å². The van der Waals surface area contributed by atoms with Gasteiger partial charge in [-0.3, -0.25) is 0 Å². The summed E-state index contributed by atoms with van der Waals surface area (Å²) in [5, 5.41) is -0.129. The lowest BCUT2D eigenvalue weighted by molar-refractivity contribution is 0.542. The van der Waals surface area contributed by atoms with Gasteiger partial charge in [0.1, 0.15) is 0 Å². The first-order chi connectivity index (χ1) is 6.57. The smallest absolute Gasteiger partial charge is 0.224 e. The van der Waals surface area contributed by atoms with Crippen molar-refractivity contribution >= 4 is 21.1 Å². The highest BCUT2D eigenvalue weighted by atomic mass is 32.3. The number of hydrogen-bond donors (Lipinski definition) is 0. The summed E-state index contributed by atoms with van der Waals surface area (Å²) < 4.78 is 33.5. The molecule has 14 heavy (non-hydrogen) atoms. The van der Waals surface area contributed by atoms with Gasteiger partial charge in [0, 0.05) is 11.6 Å². The van der Waals surface area contributed by atoms with Crippen molar-refractivity contribution in [1.82, 2.24) is 9.97 Å². The van der Waals surface area contributed by atoms with Crippen LogP contribution in [0.3, 0.4) is 0 Å². The fraction of sp³-hybridized carbons (Fsp3) is 0. The average Bonchev–Trinajstić information content (AvgIpc) is 2.16. The SMILES string of the molecule is O=S(=O)(F)c1ncc2ccccc2n1. The molecule has 4 nitrogen and oxygen atoms in total. The maximum atomic E-state index is 12.5. The average molecular weight is 212 g/mol. The first-order valence-electron chi connectivity index (χ1n) is 3.74. The molecule has 0 spiro atoms. The Morgan fingerprint density at radius 3 is 2.64 bits per heavy atom. The lowest BCUT2D eigenvalue weighted by atomic mass is 10.2. The first-order valence-corrected chi connectivity index (χ1v) is 5.12. The fourth-order valence-corrected chi connectivity index (χ4v) is 1.46. The first kappa shape index (κ1) is 9.01. The Morgan fingerprint density at radius 1 is 1.21 bits per heavy atom. The molecule has 0 radical (unpaired) electrons. The van der Waals surface area contributed by atoms with Gasteiger partial charge in [0.15, 0.2) is 0 Å². The zero-order valence-electron chi connectivity index (χ0n) is 6.88. The van der Waals surface area contributed by atoms with Gasteiger partial charge in [0.2, 0.25) is 0 Å². The summed E-state index contributed by atoms with van der Waals surface area (Å²) in [7, 11) is -4.82. The normalized spacial score (nSPS) is 11.8. The minimum absolute atomic E-state index is 0.402. The molecule has 0 bridgehead atoms. The molecule has 0 saturated carbocycles. The van der Waals surface area contributed by atoms with Crippen LogP contribution in [0, 0.1) is 0 Å². The van der Waals surface area contributed by atoms with E-state index in [-0.39, 0.29) is 0 Å². The summed E-state index contributed by atoms with van der Waals surface area (Å²) in [5.41, 5.74) is 0.402. The van der Waals surface area contributed by atoms with Gasteiger partial charge >= 0.3 is 10.2 Å². The van der Waals surface area contributed by atoms with Gasteiger partial charge in [-0.05, 0) is 6.07 Å². The predicted molar refractivity (Wildman–Crippen MR) is 47.8 cm³/mol. The van der Waals surface area contributed by atoms with Crippen molar-refractivity contribution in [3.05, 3.63) is 30.5 Å². The van der Waals surface area contributed by atoms with Crippen LogP contribution in [-0.4, -0.2) is 18.4 Å². The molecule has 2 rings (SSSR count). The lowest BCUT2D eigenvalue weighted by Crippen LogP contribution is -1.99. The van der Waals surface area contributed by atoms with Crippen molar-refractivity contribution in [2.45, 2.75) is 5.16 Å². The highest BCUT2D eigenvalue weighted by Gasteiger charge is 2.15. The summed E-state index contributed by atoms with van der Waals surface area (Å²) in [6.07, 6.45) is 1.27. The standard InChI is InChI=1S/C8H5FN2O2S/c9-14(12,13)8-10-5-6-3-1-2-4-7(6)11-8/h1-5H. The van der Waals surface area contributed by atoms with Gasteiger partial charge < -0.3 is 0 Å². The van der Waals surface area contributed by atoms with Gasteiger partial charge in [-0.2, -0.15) is 8.42 Å². The van der Waals surface area contributed by atoms with E-state index in [4.69, 9.17) is 0 Å². The van der Waals surface area contributed by atoms with Crippen molar-refractivity contribution < 1.29 is 12.3 Å². The van der Waals surface area contributed by atoms with E-state index in [9.17, 15) is 12.3 Å². The van der Waals surface area contributed by atoms with Crippen LogP contribution in [0.25, 0.3) is 10.9 Å². The van der Waals surface area contributed by atoms with Crippen molar-refractivity contribution in [2.24, 2.45) is 0 Å². The zero-order chi connectivity index (χ0) is 10.2. The molecule has 0 N–H and O–H groups in total. The third kappa shape index (κ3) is 1.56. The Bertz CT molecular complexity index is 583. The van der Waals surface area contributed by atoms with Crippen LogP contribution in [0.5, 0.6) is 0 Å². The van der Waals surface area contributed by atoms with Crippen LogP contribution in [0.2, 0.25) is 0 Å². The molecule has 1 heterocycles. The maximum Gasteiger partial charge on any atom is 0.368 e. The molecular weight excluding hydrogens is 207 g/mol. The molecule has 0 fully saturated rings. The Morgan fingerprint density at radius 2 is 1.93 bits per heavy atom. The molecular formula is C8H5FN2O2S. The molecule has 0 aliphatic carbocycles. The molecule has 1 aromatic heterocycles. The van der Waals surface area contributed by atoms with E-state index in [0.29, 0.717) is 10.9 Å². The molecule has 0 amide bonds. The predicted octanol–water partition coefficient (Wildman–Crippen LogP) is 1.29. The van der Waals surface area contributed by atoms with E-state index in [0.717, 1.165) is 0 Å². The van der Waals surface area contributed by atoms with Crippen LogP contribution in [0.4, 0.5) is 3.89 Å². The summed E-state index contributed by atoms with van der Waals surface area (Å²) >= 11 is 0. The van der Waals surface area contributed by atoms with E-state index >= 15 is 0 Å². The van der Waals surface area contributed by atoms with Gasteiger partial charge in [0.05, 0.1) is 5.52 Å². The van der Waals surface area contributed by atoms with Gasteiger partial charge in [-0.1, -0.05) is 22.1 Å². The van der Waals surface area contributed by atoms with Gasteiger partial charge in [-0.25, -0.2) is 9.97 Å². The van der Waals surface area contributed by atoms with Crippen molar-refractivity contribution in [3.8, 4) is 0 Å². The maximum absolute atomic E-state index is 12.5. The summed E-state index contributed by atoms with van der Waals surface area (Å²) in [6.45, 7) is 0. The van der Waals surface area contributed by atoms with Crippen molar-refractivity contribution in [1.29, 1.82) is 0 Å². The summed E-state index contributed by atoms with van der Waals surface area (Å²) in [6, 6.07) is 6.74. The Balaban J connectivity index is 2.75. The van der Waals surface area contributed by atoms with Crippen LogP contribution >= 0.6 is 0 Å². The molecule has 2 aromatic rings. The van der Waals surface area contributed by atoms with Crippen LogP contribution in [-0.2, 0) is 10.2 Å². The summed E-state index contributed by atoms with van der Waals surface area (Å²) in [4.78, 5) is 6.98. The Hall–Kier alpha value is -1.56. The minimum atomic E-state index is -4.82. The van der Waals surface area contributed by atoms with Crippen LogP contribution < -0.4 is 0 Å². The monoisotopic (exact) mass is 212 g/mol. The topological polar surface area (TPSA) is 59.9 Å². The lowest BCUT2D eigenvalue weighted by Gasteiger charge is -1.96. The molecule has 0 aliphatic rings. The van der Waals surface area contributed by atoms with Gasteiger partial charge in [0.25, 0.3) is 5.16 Å². The number of fused-ring (bicyclic) bond motifs is 1. The highest BCUT2D eigenvalue weighted by Crippen LogP contribution is 2.13. The van der Waals surface area contributed by atoms with Crippen LogP contribution in [0.1, 0.15) is 0 Å². The number of benzene rings is 1. The number of halogens is 1. The molecule has 6 heteroatoms. The summed E-state index contributed by atoms with van der Waals surface area (Å²) in [5.74, 6) is 0. The largest absolute Gasteiger partial charge is 0.368 e. The molecule has 1 aromatic carbocycles. The van der Waals surface area contributed by atoms with Crippen LogP contribution in [0.15, 0.2) is 35.6 Å². The molecule has 0 saturated heterocycles. The zero-order valence-corrected chi connectivity index (χ0v) is 7.70. The number of para-hydroxylation sites is 1. The highest BCUT2D eigenvalue weighted by molar-refractivity contribution is 7.86.